The zero-order valence-corrected chi connectivity index (χ0v) is 25.4. The van der Waals surface area contributed by atoms with Crippen molar-refractivity contribution in [1.29, 1.82) is 0 Å². The minimum absolute atomic E-state index is 0.226. The van der Waals surface area contributed by atoms with Gasteiger partial charge in [0.2, 0.25) is 0 Å². The van der Waals surface area contributed by atoms with Crippen LogP contribution in [0.2, 0.25) is 0 Å². The molecule has 0 aliphatic heterocycles. The number of carboxylic acids is 3. The molecule has 7 heteroatoms. The molecular weight excluding hydrogens is 494 g/mol. The summed E-state index contributed by atoms with van der Waals surface area (Å²) in [6.07, 6.45) is 23.2. The van der Waals surface area contributed by atoms with Gasteiger partial charge in [0.25, 0.3) is 0 Å². The number of hydrogen-bond acceptors (Lipinski definition) is 3. The van der Waals surface area contributed by atoms with E-state index in [0.29, 0.717) is 6.54 Å². The van der Waals surface area contributed by atoms with E-state index in [-0.39, 0.29) is 24.1 Å². The van der Waals surface area contributed by atoms with E-state index in [9.17, 15) is 29.7 Å². The molecule has 0 aliphatic rings. The van der Waals surface area contributed by atoms with Crippen LogP contribution in [0.3, 0.4) is 0 Å². The second-order valence-corrected chi connectivity index (χ2v) is 12.1. The highest BCUT2D eigenvalue weighted by molar-refractivity contribution is 5.70. The standard InChI is InChI=1S/C32H59NO6/c1-5-6-7-8-9-10-11-12-13-14-15-16-17-18-19-20-21-22-23-33(24-27(2)30(34)35,25-28(3)31(36)37)26-29(4)32(38)39/h5,27-29H,1,6-26H2,2-4H3,(H2-,34,35,36,37,38,39)/p+1. The summed E-state index contributed by atoms with van der Waals surface area (Å²) in [5.74, 6) is -4.80. The monoisotopic (exact) mass is 554 g/mol. The third kappa shape index (κ3) is 19.8. The molecule has 0 aromatic heterocycles. The first kappa shape index (κ1) is 37.1. The lowest BCUT2D eigenvalue weighted by Gasteiger charge is -2.42. The second-order valence-electron chi connectivity index (χ2n) is 12.1. The molecule has 0 bridgehead atoms. The maximum atomic E-state index is 11.6. The van der Waals surface area contributed by atoms with E-state index in [1.54, 1.807) is 20.8 Å². The Bertz CT molecular complexity index is 625. The zero-order valence-electron chi connectivity index (χ0n) is 25.4. The molecule has 0 saturated heterocycles. The number of aliphatic carboxylic acids is 3. The summed E-state index contributed by atoms with van der Waals surface area (Å²) in [4.78, 5) is 34.8. The van der Waals surface area contributed by atoms with Crippen molar-refractivity contribution in [2.45, 2.75) is 130 Å². The van der Waals surface area contributed by atoms with E-state index in [2.05, 4.69) is 6.58 Å². The molecule has 0 fully saturated rings. The highest BCUT2D eigenvalue weighted by Crippen LogP contribution is 2.22. The molecule has 0 aromatic carbocycles. The van der Waals surface area contributed by atoms with E-state index < -0.39 is 35.7 Å². The van der Waals surface area contributed by atoms with Gasteiger partial charge in [-0.15, -0.1) is 6.58 Å². The van der Waals surface area contributed by atoms with Gasteiger partial charge in [-0.05, 0) is 46.5 Å². The van der Waals surface area contributed by atoms with Crippen molar-refractivity contribution in [2.24, 2.45) is 17.8 Å². The first-order valence-corrected chi connectivity index (χ1v) is 15.7. The molecule has 0 spiro atoms. The van der Waals surface area contributed by atoms with Crippen LogP contribution < -0.4 is 0 Å². The molecule has 0 aliphatic carbocycles. The third-order valence-electron chi connectivity index (χ3n) is 8.04. The first-order chi connectivity index (χ1) is 18.5. The number of unbranched alkanes of at least 4 members (excludes halogenated alkanes) is 16. The Balaban J connectivity index is 4.32. The Kier molecular flexibility index (Phi) is 21.8. The van der Waals surface area contributed by atoms with Gasteiger partial charge in [0.1, 0.15) is 17.8 Å². The average Bonchev–Trinajstić information content (AvgIpc) is 2.87. The molecule has 3 N–H and O–H groups in total. The van der Waals surface area contributed by atoms with Gasteiger partial charge in [0.05, 0.1) is 26.2 Å². The van der Waals surface area contributed by atoms with Crippen LogP contribution >= 0.6 is 0 Å². The molecule has 0 amide bonds. The number of allylic oxidation sites excluding steroid dienone is 1. The van der Waals surface area contributed by atoms with Gasteiger partial charge >= 0.3 is 17.9 Å². The SMILES string of the molecule is C=CCCCCCCCCCCCCCCCCCC[N+](CC(C)C(=O)O)(CC(C)C(=O)O)CC(C)C(=O)O. The molecule has 3 atom stereocenters. The van der Waals surface area contributed by atoms with Crippen molar-refractivity contribution in [3.63, 3.8) is 0 Å². The summed E-state index contributed by atoms with van der Waals surface area (Å²) >= 11 is 0. The summed E-state index contributed by atoms with van der Waals surface area (Å²) in [6, 6.07) is 0. The van der Waals surface area contributed by atoms with Crippen molar-refractivity contribution < 1.29 is 34.2 Å². The predicted octanol–water partition coefficient (Wildman–Crippen LogP) is 7.78. The second kappa shape index (κ2) is 22.9. The summed E-state index contributed by atoms with van der Waals surface area (Å²) < 4.78 is 0.226. The quantitative estimate of drug-likeness (QED) is 0.0517. The molecule has 0 saturated carbocycles. The Morgan fingerprint density at radius 2 is 0.795 bits per heavy atom. The predicted molar refractivity (Wildman–Crippen MR) is 159 cm³/mol. The largest absolute Gasteiger partial charge is 0.481 e. The van der Waals surface area contributed by atoms with E-state index in [4.69, 9.17) is 0 Å². The number of hydrogen-bond donors (Lipinski definition) is 3. The van der Waals surface area contributed by atoms with Gasteiger partial charge < -0.3 is 19.8 Å². The van der Waals surface area contributed by atoms with Crippen molar-refractivity contribution in [3.05, 3.63) is 12.7 Å². The lowest BCUT2D eigenvalue weighted by atomic mass is 10.00. The number of rotatable bonds is 28. The zero-order chi connectivity index (χ0) is 29.5. The van der Waals surface area contributed by atoms with Gasteiger partial charge in [0.15, 0.2) is 0 Å². The number of quaternary nitrogens is 1. The number of carboxylic acid groups (broad SMARTS) is 3. The number of nitrogens with zero attached hydrogens (tertiary/aromatic N) is 1. The van der Waals surface area contributed by atoms with Crippen molar-refractivity contribution >= 4 is 17.9 Å². The highest BCUT2D eigenvalue weighted by Gasteiger charge is 2.38. The topological polar surface area (TPSA) is 112 Å². The van der Waals surface area contributed by atoms with Gasteiger partial charge in [-0.2, -0.15) is 0 Å². The lowest BCUT2D eigenvalue weighted by Crippen LogP contribution is -2.57. The van der Waals surface area contributed by atoms with E-state index in [0.717, 1.165) is 25.7 Å². The average molecular weight is 555 g/mol. The first-order valence-electron chi connectivity index (χ1n) is 15.7. The summed E-state index contributed by atoms with van der Waals surface area (Å²) in [5, 5.41) is 28.5. The van der Waals surface area contributed by atoms with Crippen molar-refractivity contribution in [3.8, 4) is 0 Å². The highest BCUT2D eigenvalue weighted by atomic mass is 16.4. The summed E-state index contributed by atoms with van der Waals surface area (Å²) in [6.45, 7) is 10.0. The van der Waals surface area contributed by atoms with Gasteiger partial charge in [-0.1, -0.05) is 89.5 Å². The van der Waals surface area contributed by atoms with Crippen molar-refractivity contribution in [2.75, 3.05) is 26.2 Å². The fourth-order valence-corrected chi connectivity index (χ4v) is 5.69. The Morgan fingerprint density at radius 1 is 0.538 bits per heavy atom. The molecule has 39 heavy (non-hydrogen) atoms. The molecule has 0 radical (unpaired) electrons. The van der Waals surface area contributed by atoms with E-state index in [1.165, 1.54) is 83.5 Å². The molecule has 3 unspecified atom stereocenters. The Morgan fingerprint density at radius 3 is 1.05 bits per heavy atom. The number of carbonyl (C=O) groups is 3. The maximum absolute atomic E-state index is 11.6. The molecule has 0 rings (SSSR count). The van der Waals surface area contributed by atoms with Crippen LogP contribution in [-0.4, -0.2) is 63.9 Å². The van der Waals surface area contributed by atoms with Crippen LogP contribution in [0.5, 0.6) is 0 Å². The van der Waals surface area contributed by atoms with Crippen LogP contribution in [0.4, 0.5) is 0 Å². The normalized spacial score (nSPS) is 15.3. The minimum Gasteiger partial charge on any atom is -0.481 e. The van der Waals surface area contributed by atoms with E-state index >= 15 is 0 Å². The van der Waals surface area contributed by atoms with Gasteiger partial charge in [-0.25, -0.2) is 0 Å². The molecule has 7 nitrogen and oxygen atoms in total. The smallest absolute Gasteiger partial charge is 0.311 e. The lowest BCUT2D eigenvalue weighted by molar-refractivity contribution is -0.934. The summed E-state index contributed by atoms with van der Waals surface area (Å²) in [5.41, 5.74) is 0. The maximum Gasteiger partial charge on any atom is 0.311 e. The molecular formula is C32H60NO6+. The fraction of sp³-hybridized carbons (Fsp3) is 0.844. The molecule has 0 heterocycles. The van der Waals surface area contributed by atoms with Crippen molar-refractivity contribution in [1.82, 2.24) is 0 Å². The van der Waals surface area contributed by atoms with Crippen LogP contribution in [0, 0.1) is 17.8 Å². The third-order valence-corrected chi connectivity index (χ3v) is 8.04. The van der Waals surface area contributed by atoms with E-state index in [1.807, 2.05) is 6.08 Å². The molecule has 228 valence electrons. The Labute approximate surface area is 238 Å². The fourth-order valence-electron chi connectivity index (χ4n) is 5.69. The van der Waals surface area contributed by atoms with Gasteiger partial charge in [-0.3, -0.25) is 14.4 Å². The minimum atomic E-state index is -0.932. The van der Waals surface area contributed by atoms with Crippen LogP contribution in [0.25, 0.3) is 0 Å². The Hall–Kier alpha value is -1.89. The molecule has 0 aromatic rings. The van der Waals surface area contributed by atoms with Crippen LogP contribution in [0.1, 0.15) is 130 Å². The van der Waals surface area contributed by atoms with Crippen LogP contribution in [-0.2, 0) is 14.4 Å². The van der Waals surface area contributed by atoms with Gasteiger partial charge in [0, 0.05) is 0 Å². The van der Waals surface area contributed by atoms with Crippen LogP contribution in [0.15, 0.2) is 12.7 Å². The summed E-state index contributed by atoms with van der Waals surface area (Å²) in [7, 11) is 0.